The van der Waals surface area contributed by atoms with Crippen LogP contribution in [0.15, 0.2) is 28.8 Å². The van der Waals surface area contributed by atoms with Crippen molar-refractivity contribution in [3.63, 3.8) is 0 Å². The van der Waals surface area contributed by atoms with Gasteiger partial charge in [0.1, 0.15) is 0 Å². The number of piperidine rings is 1. The van der Waals surface area contributed by atoms with Crippen molar-refractivity contribution in [1.82, 2.24) is 19.9 Å². The van der Waals surface area contributed by atoms with Crippen LogP contribution < -0.4 is 0 Å². The molecular weight excluding hydrogens is 344 g/mol. The van der Waals surface area contributed by atoms with E-state index in [0.717, 1.165) is 12.0 Å². The van der Waals surface area contributed by atoms with Crippen molar-refractivity contribution in [1.29, 1.82) is 0 Å². The molecule has 7 heteroatoms. The van der Waals surface area contributed by atoms with E-state index in [0.29, 0.717) is 36.8 Å². The fourth-order valence-electron chi connectivity index (χ4n) is 4.00. The maximum atomic E-state index is 12.9. The summed E-state index contributed by atoms with van der Waals surface area (Å²) in [6.45, 7) is 5.32. The van der Waals surface area contributed by atoms with Crippen molar-refractivity contribution in [2.75, 3.05) is 20.1 Å². The van der Waals surface area contributed by atoms with Gasteiger partial charge in [-0.25, -0.2) is 0 Å². The van der Waals surface area contributed by atoms with Gasteiger partial charge in [0.2, 0.25) is 17.6 Å². The number of hydrogen-bond donors (Lipinski definition) is 0. The number of rotatable bonds is 3. The Labute approximate surface area is 158 Å². The molecule has 1 aromatic heterocycles. The SMILES string of the molecule is CC(C)c1nc(-c2ccc(C(=O)N3CC[C@H]4[C@H](CC(=O)N4C)C3)cc2)no1. The molecule has 2 aliphatic rings. The Morgan fingerprint density at radius 1 is 1.26 bits per heavy atom. The van der Waals surface area contributed by atoms with E-state index >= 15 is 0 Å². The van der Waals surface area contributed by atoms with Gasteiger partial charge in [-0.15, -0.1) is 0 Å². The highest BCUT2D eigenvalue weighted by Crippen LogP contribution is 2.31. The average Bonchev–Trinajstić information content (AvgIpc) is 3.27. The Morgan fingerprint density at radius 3 is 2.67 bits per heavy atom. The van der Waals surface area contributed by atoms with Crippen LogP contribution in [0.4, 0.5) is 0 Å². The molecule has 142 valence electrons. The molecule has 0 bridgehead atoms. The lowest BCUT2D eigenvalue weighted by Crippen LogP contribution is -2.47. The van der Waals surface area contributed by atoms with Gasteiger partial charge in [0.25, 0.3) is 5.91 Å². The normalized spacial score (nSPS) is 22.4. The van der Waals surface area contributed by atoms with Crippen molar-refractivity contribution >= 4 is 11.8 Å². The molecule has 2 aliphatic heterocycles. The number of amides is 2. The fraction of sp³-hybridized carbons (Fsp3) is 0.500. The Morgan fingerprint density at radius 2 is 2.00 bits per heavy atom. The highest BCUT2D eigenvalue weighted by Gasteiger charge is 2.41. The van der Waals surface area contributed by atoms with E-state index in [4.69, 9.17) is 4.52 Å². The number of fused-ring (bicyclic) bond motifs is 1. The Hall–Kier alpha value is -2.70. The van der Waals surface area contributed by atoms with Crippen molar-refractivity contribution in [3.05, 3.63) is 35.7 Å². The van der Waals surface area contributed by atoms with Gasteiger partial charge in [-0.3, -0.25) is 9.59 Å². The van der Waals surface area contributed by atoms with Crippen LogP contribution in [0.1, 0.15) is 48.9 Å². The molecule has 1 aromatic carbocycles. The quantitative estimate of drug-likeness (QED) is 0.832. The van der Waals surface area contributed by atoms with Crippen LogP contribution in [0.3, 0.4) is 0 Å². The minimum absolute atomic E-state index is 0.0120. The summed E-state index contributed by atoms with van der Waals surface area (Å²) in [5.41, 5.74) is 1.46. The van der Waals surface area contributed by atoms with Crippen LogP contribution in [0, 0.1) is 5.92 Å². The molecule has 0 spiro atoms. The third-order valence-electron chi connectivity index (χ3n) is 5.63. The van der Waals surface area contributed by atoms with E-state index in [1.54, 1.807) is 12.1 Å². The average molecular weight is 368 g/mol. The van der Waals surface area contributed by atoms with Crippen molar-refractivity contribution in [2.45, 2.75) is 38.6 Å². The molecule has 0 radical (unpaired) electrons. The fourth-order valence-corrected chi connectivity index (χ4v) is 4.00. The lowest BCUT2D eigenvalue weighted by Gasteiger charge is -2.36. The Balaban J connectivity index is 1.46. The summed E-state index contributed by atoms with van der Waals surface area (Å²) in [6, 6.07) is 7.59. The van der Waals surface area contributed by atoms with E-state index in [1.807, 2.05) is 42.8 Å². The van der Waals surface area contributed by atoms with Crippen molar-refractivity contribution < 1.29 is 14.1 Å². The second-order valence-electron chi connectivity index (χ2n) is 7.76. The van der Waals surface area contributed by atoms with Crippen molar-refractivity contribution in [2.24, 2.45) is 5.92 Å². The summed E-state index contributed by atoms with van der Waals surface area (Å²) in [6.07, 6.45) is 1.39. The maximum absolute atomic E-state index is 12.9. The van der Waals surface area contributed by atoms with E-state index < -0.39 is 0 Å². The molecule has 0 aliphatic carbocycles. The summed E-state index contributed by atoms with van der Waals surface area (Å²) < 4.78 is 5.24. The van der Waals surface area contributed by atoms with Gasteiger partial charge in [-0.1, -0.05) is 31.1 Å². The molecule has 4 rings (SSSR count). The molecule has 0 saturated carbocycles. The summed E-state index contributed by atoms with van der Waals surface area (Å²) in [5.74, 6) is 1.75. The molecule has 2 fully saturated rings. The molecule has 2 amide bonds. The number of nitrogens with zero attached hydrogens (tertiary/aromatic N) is 4. The minimum Gasteiger partial charge on any atom is -0.342 e. The zero-order chi connectivity index (χ0) is 19.1. The van der Waals surface area contributed by atoms with Crippen LogP contribution in [-0.2, 0) is 4.79 Å². The minimum atomic E-state index is 0.0120. The lowest BCUT2D eigenvalue weighted by molar-refractivity contribution is -0.127. The molecule has 3 heterocycles. The van der Waals surface area contributed by atoms with E-state index in [1.165, 1.54) is 0 Å². The number of carbonyl (C=O) groups is 2. The topological polar surface area (TPSA) is 79.5 Å². The van der Waals surface area contributed by atoms with Crippen LogP contribution in [0.5, 0.6) is 0 Å². The molecule has 2 atom stereocenters. The van der Waals surface area contributed by atoms with Gasteiger partial charge < -0.3 is 14.3 Å². The first kappa shape index (κ1) is 17.7. The van der Waals surface area contributed by atoms with Crippen molar-refractivity contribution in [3.8, 4) is 11.4 Å². The predicted molar refractivity (Wildman–Crippen MR) is 99.0 cm³/mol. The highest BCUT2D eigenvalue weighted by atomic mass is 16.5. The molecule has 2 saturated heterocycles. The van der Waals surface area contributed by atoms with Gasteiger partial charge in [0.15, 0.2) is 0 Å². The number of aromatic nitrogens is 2. The smallest absolute Gasteiger partial charge is 0.253 e. The summed E-state index contributed by atoms with van der Waals surface area (Å²) in [7, 11) is 1.87. The lowest BCUT2D eigenvalue weighted by atomic mass is 9.92. The van der Waals surface area contributed by atoms with E-state index in [9.17, 15) is 9.59 Å². The van der Waals surface area contributed by atoms with Crippen LogP contribution in [0.2, 0.25) is 0 Å². The molecule has 7 nitrogen and oxygen atoms in total. The molecule has 0 N–H and O–H groups in total. The Bertz CT molecular complexity index is 858. The van der Waals surface area contributed by atoms with Crippen LogP contribution >= 0.6 is 0 Å². The highest BCUT2D eigenvalue weighted by molar-refractivity contribution is 5.94. The van der Waals surface area contributed by atoms with E-state index in [-0.39, 0.29) is 29.7 Å². The van der Waals surface area contributed by atoms with Gasteiger partial charge in [-0.2, -0.15) is 4.98 Å². The Kier molecular flexibility index (Phi) is 4.45. The number of carbonyl (C=O) groups excluding carboxylic acids is 2. The number of benzene rings is 1. The third kappa shape index (κ3) is 3.22. The largest absolute Gasteiger partial charge is 0.342 e. The summed E-state index contributed by atoms with van der Waals surface area (Å²) >= 11 is 0. The first-order chi connectivity index (χ1) is 12.9. The summed E-state index contributed by atoms with van der Waals surface area (Å²) in [5, 5.41) is 4.00. The predicted octanol–water partition coefficient (Wildman–Crippen LogP) is 2.55. The summed E-state index contributed by atoms with van der Waals surface area (Å²) in [4.78, 5) is 32.9. The third-order valence-corrected chi connectivity index (χ3v) is 5.63. The standard InChI is InChI=1S/C20H24N4O3/c1-12(2)19-21-18(22-27-19)13-4-6-14(7-5-13)20(26)24-9-8-16-15(11-24)10-17(25)23(16)3/h4-7,12,15-16H,8-11H2,1-3H3/t15-,16+/m1/s1. The second kappa shape index (κ2) is 6.79. The number of hydrogen-bond acceptors (Lipinski definition) is 5. The van der Waals surface area contributed by atoms with Gasteiger partial charge in [0.05, 0.1) is 0 Å². The monoisotopic (exact) mass is 368 g/mol. The van der Waals surface area contributed by atoms with Gasteiger partial charge >= 0.3 is 0 Å². The number of likely N-dealkylation sites (tertiary alicyclic amines) is 2. The molecule has 0 unspecified atom stereocenters. The maximum Gasteiger partial charge on any atom is 0.253 e. The zero-order valence-electron chi connectivity index (χ0n) is 15.9. The first-order valence-corrected chi connectivity index (χ1v) is 9.43. The van der Waals surface area contributed by atoms with Crippen LogP contribution in [0.25, 0.3) is 11.4 Å². The zero-order valence-corrected chi connectivity index (χ0v) is 15.9. The first-order valence-electron chi connectivity index (χ1n) is 9.43. The van der Waals surface area contributed by atoms with Gasteiger partial charge in [-0.05, 0) is 18.6 Å². The second-order valence-corrected chi connectivity index (χ2v) is 7.76. The molecule has 2 aromatic rings. The van der Waals surface area contributed by atoms with Gasteiger partial charge in [0, 0.05) is 55.6 Å². The molecular formula is C20H24N4O3. The van der Waals surface area contributed by atoms with Crippen LogP contribution in [-0.4, -0.2) is 57.9 Å². The molecule has 27 heavy (non-hydrogen) atoms. The van der Waals surface area contributed by atoms with E-state index in [2.05, 4.69) is 10.1 Å².